The van der Waals surface area contributed by atoms with Crippen LogP contribution in [0.25, 0.3) is 16.7 Å². The number of hydrogen-bond acceptors (Lipinski definition) is 0. The minimum atomic E-state index is 1.06. The molecule has 2 aromatic rings. The van der Waals surface area contributed by atoms with E-state index in [0.717, 1.165) is 6.42 Å². The van der Waals surface area contributed by atoms with Crippen LogP contribution in [0, 0.1) is 6.42 Å². The van der Waals surface area contributed by atoms with Gasteiger partial charge >= 0.3 is 0 Å². The van der Waals surface area contributed by atoms with Crippen molar-refractivity contribution in [3.8, 4) is 11.1 Å². The monoisotopic (exact) mass is 203 g/mol. The summed E-state index contributed by atoms with van der Waals surface area (Å²) in [6.07, 6.45) is 5.71. The first-order valence-electron chi connectivity index (χ1n) is 5.72. The molecule has 0 spiro atoms. The zero-order valence-corrected chi connectivity index (χ0v) is 8.90. The van der Waals surface area contributed by atoms with Crippen LogP contribution in [0.15, 0.2) is 48.5 Å². The van der Waals surface area contributed by atoms with Crippen LogP contribution in [0.4, 0.5) is 0 Å². The fourth-order valence-electron chi connectivity index (χ4n) is 2.87. The summed E-state index contributed by atoms with van der Waals surface area (Å²) in [7, 11) is 0. The molecule has 0 N–H and O–H groups in total. The van der Waals surface area contributed by atoms with Gasteiger partial charge in [-0.15, -0.1) is 0 Å². The minimum Gasteiger partial charge on any atom is -0.0754 e. The topological polar surface area (TPSA) is 0 Å². The summed E-state index contributed by atoms with van der Waals surface area (Å²) in [4.78, 5) is 0. The molecule has 0 bridgehead atoms. The van der Waals surface area contributed by atoms with Crippen molar-refractivity contribution in [1.29, 1.82) is 0 Å². The maximum Gasteiger partial charge on any atom is -0.00486 e. The van der Waals surface area contributed by atoms with Gasteiger partial charge in [-0.25, -0.2) is 0 Å². The first-order valence-corrected chi connectivity index (χ1v) is 5.72. The molecule has 1 radical (unpaired) electrons. The highest BCUT2D eigenvalue weighted by Crippen LogP contribution is 2.47. The second-order valence-electron chi connectivity index (χ2n) is 4.37. The van der Waals surface area contributed by atoms with Gasteiger partial charge in [-0.1, -0.05) is 48.5 Å². The van der Waals surface area contributed by atoms with E-state index in [1.165, 1.54) is 33.4 Å². The number of fused-ring (bicyclic) bond motifs is 3. The largest absolute Gasteiger partial charge is 0.0754 e. The Balaban J connectivity index is 2.18. The van der Waals surface area contributed by atoms with Crippen molar-refractivity contribution in [2.45, 2.75) is 6.42 Å². The van der Waals surface area contributed by atoms with Crippen LogP contribution in [-0.2, 0) is 0 Å². The predicted octanol–water partition coefficient (Wildman–Crippen LogP) is 4.05. The highest BCUT2D eigenvalue weighted by atomic mass is 14.3. The van der Waals surface area contributed by atoms with Crippen LogP contribution in [0.5, 0.6) is 0 Å². The van der Waals surface area contributed by atoms with Crippen molar-refractivity contribution in [2.24, 2.45) is 0 Å². The molecular weight excluding hydrogens is 192 g/mol. The van der Waals surface area contributed by atoms with Crippen LogP contribution < -0.4 is 0 Å². The normalized spacial score (nSPS) is 15.4. The van der Waals surface area contributed by atoms with Crippen LogP contribution in [0.2, 0.25) is 0 Å². The van der Waals surface area contributed by atoms with E-state index in [-0.39, 0.29) is 0 Å². The summed E-state index contributed by atoms with van der Waals surface area (Å²) < 4.78 is 0. The SMILES string of the molecule is [CH]1CC=C2c3ccccc3-c3cccc1c32. The molecule has 0 aliphatic heterocycles. The lowest BCUT2D eigenvalue weighted by atomic mass is 9.90. The first-order chi connectivity index (χ1) is 7.95. The van der Waals surface area contributed by atoms with Gasteiger partial charge in [0.2, 0.25) is 0 Å². The number of allylic oxidation sites excluding steroid dienone is 1. The van der Waals surface area contributed by atoms with E-state index in [2.05, 4.69) is 55.0 Å². The van der Waals surface area contributed by atoms with E-state index >= 15 is 0 Å². The Morgan fingerprint density at radius 1 is 0.750 bits per heavy atom. The molecule has 2 aliphatic rings. The van der Waals surface area contributed by atoms with Crippen molar-refractivity contribution in [3.63, 3.8) is 0 Å². The molecular formula is C16H11. The second kappa shape index (κ2) is 2.85. The van der Waals surface area contributed by atoms with Crippen molar-refractivity contribution < 1.29 is 0 Å². The van der Waals surface area contributed by atoms with Crippen molar-refractivity contribution in [1.82, 2.24) is 0 Å². The molecule has 75 valence electrons. The summed E-state index contributed by atoms with van der Waals surface area (Å²) in [6, 6.07) is 15.3. The molecule has 0 atom stereocenters. The lowest BCUT2D eigenvalue weighted by Gasteiger charge is -2.13. The Labute approximate surface area is 95.2 Å². The Bertz CT molecular complexity index is 618. The molecule has 0 saturated carbocycles. The number of benzene rings is 2. The van der Waals surface area contributed by atoms with Gasteiger partial charge in [0.1, 0.15) is 0 Å². The Hall–Kier alpha value is -1.82. The van der Waals surface area contributed by atoms with E-state index in [1.807, 2.05) is 0 Å². The van der Waals surface area contributed by atoms with Crippen LogP contribution in [0.1, 0.15) is 23.1 Å². The molecule has 0 aromatic heterocycles. The van der Waals surface area contributed by atoms with Crippen LogP contribution >= 0.6 is 0 Å². The predicted molar refractivity (Wildman–Crippen MR) is 67.0 cm³/mol. The van der Waals surface area contributed by atoms with E-state index in [9.17, 15) is 0 Å². The molecule has 2 aromatic carbocycles. The average Bonchev–Trinajstić information content (AvgIpc) is 2.68. The summed E-state index contributed by atoms with van der Waals surface area (Å²) in [5.41, 5.74) is 8.46. The van der Waals surface area contributed by atoms with E-state index in [1.54, 1.807) is 0 Å². The summed E-state index contributed by atoms with van der Waals surface area (Å²) >= 11 is 0. The Kier molecular flexibility index (Phi) is 1.49. The Morgan fingerprint density at radius 2 is 1.56 bits per heavy atom. The number of hydrogen-bond donors (Lipinski definition) is 0. The molecule has 2 aliphatic carbocycles. The third-order valence-corrected chi connectivity index (χ3v) is 3.53. The van der Waals surface area contributed by atoms with Crippen LogP contribution in [0.3, 0.4) is 0 Å². The maximum atomic E-state index is 2.34. The lowest BCUT2D eigenvalue weighted by Crippen LogP contribution is -1.95. The van der Waals surface area contributed by atoms with E-state index < -0.39 is 0 Å². The highest BCUT2D eigenvalue weighted by molar-refractivity contribution is 6.03. The van der Waals surface area contributed by atoms with Gasteiger partial charge in [0, 0.05) is 0 Å². The fraction of sp³-hybridized carbons (Fsp3) is 0.0625. The van der Waals surface area contributed by atoms with Gasteiger partial charge in [-0.3, -0.25) is 0 Å². The van der Waals surface area contributed by atoms with Gasteiger partial charge in [0.25, 0.3) is 0 Å². The molecule has 0 heterocycles. The molecule has 0 unspecified atom stereocenters. The van der Waals surface area contributed by atoms with Gasteiger partial charge in [0.15, 0.2) is 0 Å². The molecule has 0 amide bonds. The average molecular weight is 203 g/mol. The van der Waals surface area contributed by atoms with E-state index in [0.29, 0.717) is 0 Å². The van der Waals surface area contributed by atoms with Gasteiger partial charge < -0.3 is 0 Å². The fourth-order valence-corrected chi connectivity index (χ4v) is 2.87. The molecule has 0 heteroatoms. The van der Waals surface area contributed by atoms with Gasteiger partial charge in [-0.2, -0.15) is 0 Å². The summed E-state index contributed by atoms with van der Waals surface area (Å²) in [5, 5.41) is 0. The molecule has 4 rings (SSSR count). The molecule has 0 nitrogen and oxygen atoms in total. The molecule has 16 heavy (non-hydrogen) atoms. The smallest absolute Gasteiger partial charge is 0.00486 e. The summed E-state index contributed by atoms with van der Waals surface area (Å²) in [5.74, 6) is 0. The third-order valence-electron chi connectivity index (χ3n) is 3.53. The maximum absolute atomic E-state index is 2.34. The standard InChI is InChI=1S/C16H11/c1-2-8-13-12(7-1)14-9-3-5-11-6-4-10-15(13)16(11)14/h1-3,5-10H,4H2. The Morgan fingerprint density at radius 3 is 2.50 bits per heavy atom. The van der Waals surface area contributed by atoms with E-state index in [4.69, 9.17) is 0 Å². The zero-order chi connectivity index (χ0) is 10.5. The van der Waals surface area contributed by atoms with Crippen LogP contribution in [-0.4, -0.2) is 0 Å². The minimum absolute atomic E-state index is 1.06. The van der Waals surface area contributed by atoms with Crippen molar-refractivity contribution >= 4 is 5.57 Å². The second-order valence-corrected chi connectivity index (χ2v) is 4.37. The quantitative estimate of drug-likeness (QED) is 0.517. The highest BCUT2D eigenvalue weighted by Gasteiger charge is 2.26. The third kappa shape index (κ3) is 0.898. The molecule has 0 fully saturated rings. The zero-order valence-electron chi connectivity index (χ0n) is 8.90. The van der Waals surface area contributed by atoms with Crippen molar-refractivity contribution in [3.05, 3.63) is 71.7 Å². The number of rotatable bonds is 0. The van der Waals surface area contributed by atoms with Gasteiger partial charge in [-0.05, 0) is 46.2 Å². The summed E-state index contributed by atoms with van der Waals surface area (Å²) in [6.45, 7) is 0. The first kappa shape index (κ1) is 8.35. The van der Waals surface area contributed by atoms with Crippen molar-refractivity contribution in [2.75, 3.05) is 0 Å². The lowest BCUT2D eigenvalue weighted by molar-refractivity contribution is 1.21. The van der Waals surface area contributed by atoms with Gasteiger partial charge in [0.05, 0.1) is 0 Å². The molecule has 0 saturated heterocycles.